The van der Waals surface area contributed by atoms with E-state index in [4.69, 9.17) is 5.73 Å². The maximum atomic E-state index is 5.76. The van der Waals surface area contributed by atoms with Gasteiger partial charge in [-0.25, -0.2) is 4.98 Å². The van der Waals surface area contributed by atoms with E-state index in [1.54, 1.807) is 0 Å². The van der Waals surface area contributed by atoms with Crippen LogP contribution in [-0.2, 0) is 0 Å². The van der Waals surface area contributed by atoms with E-state index in [1.165, 1.54) is 19.5 Å². The minimum absolute atomic E-state index is 0.721. The van der Waals surface area contributed by atoms with E-state index in [1.807, 2.05) is 18.2 Å². The smallest absolute Gasteiger partial charge is 0.201 e. The first-order chi connectivity index (χ1) is 9.24. The summed E-state index contributed by atoms with van der Waals surface area (Å²) in [5, 5.41) is 3.41. The van der Waals surface area contributed by atoms with E-state index in [-0.39, 0.29) is 0 Å². The number of aromatic amines is 1. The van der Waals surface area contributed by atoms with Crippen LogP contribution in [0.5, 0.6) is 0 Å². The second kappa shape index (κ2) is 5.09. The first kappa shape index (κ1) is 12.3. The van der Waals surface area contributed by atoms with Crippen molar-refractivity contribution in [2.45, 2.75) is 13.3 Å². The molecule has 5 nitrogen and oxygen atoms in total. The van der Waals surface area contributed by atoms with Crippen molar-refractivity contribution >= 4 is 22.7 Å². The first-order valence-corrected chi connectivity index (χ1v) is 6.96. The maximum absolute atomic E-state index is 5.76. The second-order valence-electron chi connectivity index (χ2n) is 5.29. The molecule has 1 saturated heterocycles. The molecule has 1 atom stereocenters. The van der Waals surface area contributed by atoms with Gasteiger partial charge in [0.2, 0.25) is 5.95 Å². The number of imidazole rings is 1. The Morgan fingerprint density at radius 3 is 3.21 bits per heavy atom. The molecule has 1 fully saturated rings. The zero-order valence-electron chi connectivity index (χ0n) is 11.3. The summed E-state index contributed by atoms with van der Waals surface area (Å²) in [4.78, 5) is 10.3. The number of rotatable bonds is 4. The molecule has 0 radical (unpaired) electrons. The van der Waals surface area contributed by atoms with Crippen molar-refractivity contribution < 1.29 is 0 Å². The van der Waals surface area contributed by atoms with Crippen LogP contribution in [0.25, 0.3) is 11.0 Å². The number of hydrogen-bond acceptors (Lipinski definition) is 4. The highest BCUT2D eigenvalue weighted by Gasteiger charge is 2.20. The molecule has 1 aromatic heterocycles. The SMILES string of the molecule is CCN1CCC(CNc2nc3ccc(N)cc3[nH]2)C1. The maximum Gasteiger partial charge on any atom is 0.201 e. The third-order valence-corrected chi connectivity index (χ3v) is 3.88. The van der Waals surface area contributed by atoms with Gasteiger partial charge in [0, 0.05) is 18.8 Å². The van der Waals surface area contributed by atoms with Gasteiger partial charge in [-0.05, 0) is 43.6 Å². The molecule has 5 heteroatoms. The summed E-state index contributed by atoms with van der Waals surface area (Å²) >= 11 is 0. The number of nitrogens with one attached hydrogen (secondary N) is 2. The normalized spacial score (nSPS) is 20.2. The van der Waals surface area contributed by atoms with Crippen molar-refractivity contribution in [1.82, 2.24) is 14.9 Å². The largest absolute Gasteiger partial charge is 0.399 e. The predicted octanol–water partition coefficient (Wildman–Crippen LogP) is 1.90. The summed E-state index contributed by atoms with van der Waals surface area (Å²) in [6.07, 6.45) is 1.27. The van der Waals surface area contributed by atoms with Gasteiger partial charge in [0.1, 0.15) is 0 Å². The van der Waals surface area contributed by atoms with Crippen molar-refractivity contribution in [3.05, 3.63) is 18.2 Å². The molecule has 0 aliphatic carbocycles. The zero-order valence-corrected chi connectivity index (χ0v) is 11.3. The van der Waals surface area contributed by atoms with Gasteiger partial charge in [0.05, 0.1) is 11.0 Å². The van der Waals surface area contributed by atoms with Crippen LogP contribution in [0.3, 0.4) is 0 Å². The lowest BCUT2D eigenvalue weighted by molar-refractivity contribution is 0.345. The van der Waals surface area contributed by atoms with Crippen LogP contribution in [-0.4, -0.2) is 41.0 Å². The Morgan fingerprint density at radius 1 is 1.53 bits per heavy atom. The number of likely N-dealkylation sites (tertiary alicyclic amines) is 1. The minimum Gasteiger partial charge on any atom is -0.399 e. The van der Waals surface area contributed by atoms with Crippen molar-refractivity contribution in [2.75, 3.05) is 37.2 Å². The quantitative estimate of drug-likeness (QED) is 0.733. The van der Waals surface area contributed by atoms with Crippen LogP contribution >= 0.6 is 0 Å². The summed E-state index contributed by atoms with van der Waals surface area (Å²) in [6.45, 7) is 6.77. The number of anilines is 2. The lowest BCUT2D eigenvalue weighted by atomic mass is 10.1. The van der Waals surface area contributed by atoms with E-state index in [0.717, 1.165) is 41.7 Å². The van der Waals surface area contributed by atoms with Crippen LogP contribution in [0.4, 0.5) is 11.6 Å². The Labute approximate surface area is 113 Å². The lowest BCUT2D eigenvalue weighted by Crippen LogP contribution is -2.22. The third kappa shape index (κ3) is 2.66. The first-order valence-electron chi connectivity index (χ1n) is 6.96. The number of nitrogens with zero attached hydrogens (tertiary/aromatic N) is 2. The molecule has 0 saturated carbocycles. The van der Waals surface area contributed by atoms with Gasteiger partial charge in [0.15, 0.2) is 0 Å². The van der Waals surface area contributed by atoms with E-state index in [9.17, 15) is 0 Å². The topological polar surface area (TPSA) is 70.0 Å². The number of fused-ring (bicyclic) bond motifs is 1. The van der Waals surface area contributed by atoms with Gasteiger partial charge in [-0.1, -0.05) is 6.92 Å². The number of H-pyrrole nitrogens is 1. The highest BCUT2D eigenvalue weighted by molar-refractivity contribution is 5.80. The Kier molecular flexibility index (Phi) is 3.29. The molecule has 102 valence electrons. The molecule has 0 spiro atoms. The van der Waals surface area contributed by atoms with E-state index >= 15 is 0 Å². The van der Waals surface area contributed by atoms with E-state index in [2.05, 4.69) is 27.1 Å². The molecule has 2 heterocycles. The standard InChI is InChI=1S/C14H21N5/c1-2-19-6-5-10(9-19)8-16-14-17-12-4-3-11(15)7-13(12)18-14/h3-4,7,10H,2,5-6,8-9,15H2,1H3,(H2,16,17,18). The van der Waals surface area contributed by atoms with Crippen molar-refractivity contribution in [2.24, 2.45) is 5.92 Å². The molecular formula is C14H21N5. The van der Waals surface area contributed by atoms with Gasteiger partial charge in [-0.15, -0.1) is 0 Å². The lowest BCUT2D eigenvalue weighted by Gasteiger charge is -2.13. The highest BCUT2D eigenvalue weighted by atomic mass is 15.2. The monoisotopic (exact) mass is 259 g/mol. The van der Waals surface area contributed by atoms with Crippen molar-refractivity contribution in [3.8, 4) is 0 Å². The van der Waals surface area contributed by atoms with E-state index < -0.39 is 0 Å². The number of benzene rings is 1. The van der Waals surface area contributed by atoms with Crippen LogP contribution < -0.4 is 11.1 Å². The fraction of sp³-hybridized carbons (Fsp3) is 0.500. The number of hydrogen-bond donors (Lipinski definition) is 3. The number of nitrogens with two attached hydrogens (primary N) is 1. The molecule has 0 bridgehead atoms. The molecule has 3 rings (SSSR count). The van der Waals surface area contributed by atoms with Crippen molar-refractivity contribution in [1.29, 1.82) is 0 Å². The fourth-order valence-electron chi connectivity index (χ4n) is 2.72. The predicted molar refractivity (Wildman–Crippen MR) is 79.2 cm³/mol. The summed E-state index contributed by atoms with van der Waals surface area (Å²) in [5.41, 5.74) is 8.47. The summed E-state index contributed by atoms with van der Waals surface area (Å²) in [7, 11) is 0. The summed E-state index contributed by atoms with van der Waals surface area (Å²) in [6, 6.07) is 5.74. The Bertz CT molecular complexity index is 562. The Hall–Kier alpha value is -1.75. The molecule has 1 aromatic carbocycles. The minimum atomic E-state index is 0.721. The van der Waals surface area contributed by atoms with E-state index in [0.29, 0.717) is 0 Å². The number of aromatic nitrogens is 2. The summed E-state index contributed by atoms with van der Waals surface area (Å²) in [5.74, 6) is 1.56. The number of nitrogen functional groups attached to an aromatic ring is 1. The van der Waals surface area contributed by atoms with Gasteiger partial charge in [-0.3, -0.25) is 0 Å². The fourth-order valence-corrected chi connectivity index (χ4v) is 2.72. The van der Waals surface area contributed by atoms with Crippen LogP contribution in [0.1, 0.15) is 13.3 Å². The van der Waals surface area contributed by atoms with Crippen LogP contribution in [0.2, 0.25) is 0 Å². The van der Waals surface area contributed by atoms with Crippen LogP contribution in [0.15, 0.2) is 18.2 Å². The molecule has 1 unspecified atom stereocenters. The molecule has 4 N–H and O–H groups in total. The van der Waals surface area contributed by atoms with Crippen molar-refractivity contribution in [3.63, 3.8) is 0 Å². The average molecular weight is 259 g/mol. The molecular weight excluding hydrogens is 238 g/mol. The molecule has 1 aliphatic heterocycles. The molecule has 0 amide bonds. The highest BCUT2D eigenvalue weighted by Crippen LogP contribution is 2.19. The zero-order chi connectivity index (χ0) is 13.2. The van der Waals surface area contributed by atoms with Gasteiger partial charge in [-0.2, -0.15) is 0 Å². The summed E-state index contributed by atoms with van der Waals surface area (Å²) < 4.78 is 0. The Balaban J connectivity index is 1.62. The van der Waals surface area contributed by atoms with Crippen LogP contribution in [0, 0.1) is 5.92 Å². The van der Waals surface area contributed by atoms with Gasteiger partial charge < -0.3 is 20.9 Å². The second-order valence-corrected chi connectivity index (χ2v) is 5.29. The Morgan fingerprint density at radius 2 is 2.42 bits per heavy atom. The average Bonchev–Trinajstić information content (AvgIpc) is 3.01. The molecule has 2 aromatic rings. The molecule has 1 aliphatic rings. The van der Waals surface area contributed by atoms with Gasteiger partial charge in [0.25, 0.3) is 0 Å². The van der Waals surface area contributed by atoms with Gasteiger partial charge >= 0.3 is 0 Å². The third-order valence-electron chi connectivity index (χ3n) is 3.88. The molecule has 19 heavy (non-hydrogen) atoms.